The zero-order valence-electron chi connectivity index (χ0n) is 14.1. The lowest BCUT2D eigenvalue weighted by molar-refractivity contribution is -0.154. The molecule has 0 aliphatic carbocycles. The van der Waals surface area contributed by atoms with E-state index in [1.165, 1.54) is 0 Å². The van der Waals surface area contributed by atoms with Gasteiger partial charge in [-0.25, -0.2) is 4.79 Å². The lowest BCUT2D eigenvalue weighted by atomic mass is 10.2. The number of aryl methyl sites for hydroxylation is 1. The van der Waals surface area contributed by atoms with Crippen molar-refractivity contribution < 1.29 is 19.1 Å². The minimum Gasteiger partial charge on any atom is -0.479 e. The third-order valence-electron chi connectivity index (χ3n) is 3.40. The number of hydrogen-bond acceptors (Lipinski definition) is 4. The molecule has 0 saturated heterocycles. The largest absolute Gasteiger partial charge is 0.479 e. The van der Waals surface area contributed by atoms with Gasteiger partial charge in [-0.1, -0.05) is 42.8 Å². The molecule has 2 aromatic rings. The van der Waals surface area contributed by atoms with Crippen LogP contribution in [-0.2, 0) is 14.3 Å². The Kier molecular flexibility index (Phi) is 6.83. The summed E-state index contributed by atoms with van der Waals surface area (Å²) >= 11 is 6.06. The quantitative estimate of drug-likeness (QED) is 0.757. The van der Waals surface area contributed by atoms with Gasteiger partial charge in [-0.15, -0.1) is 0 Å². The molecule has 0 unspecified atom stereocenters. The first kappa shape index (κ1) is 18.8. The highest BCUT2D eigenvalue weighted by molar-refractivity contribution is 6.33. The average molecular weight is 362 g/mol. The summed E-state index contributed by atoms with van der Waals surface area (Å²) in [7, 11) is 0. The number of anilines is 1. The summed E-state index contributed by atoms with van der Waals surface area (Å²) in [5.41, 5.74) is 1.46. The van der Waals surface area contributed by atoms with Gasteiger partial charge in [0, 0.05) is 0 Å². The fourth-order valence-electron chi connectivity index (χ4n) is 2.10. The summed E-state index contributed by atoms with van der Waals surface area (Å²) < 4.78 is 10.6. The van der Waals surface area contributed by atoms with Crippen LogP contribution in [0.15, 0.2) is 48.5 Å². The summed E-state index contributed by atoms with van der Waals surface area (Å²) in [6, 6.07) is 14.2. The molecule has 0 aliphatic rings. The van der Waals surface area contributed by atoms with Crippen LogP contribution in [0.4, 0.5) is 5.69 Å². The van der Waals surface area contributed by atoms with Gasteiger partial charge in [0.15, 0.2) is 12.7 Å². The van der Waals surface area contributed by atoms with Crippen molar-refractivity contribution >= 4 is 29.2 Å². The highest BCUT2D eigenvalue weighted by Crippen LogP contribution is 2.22. The van der Waals surface area contributed by atoms with Gasteiger partial charge in [-0.05, 0) is 43.2 Å². The van der Waals surface area contributed by atoms with E-state index in [0.29, 0.717) is 22.9 Å². The summed E-state index contributed by atoms with van der Waals surface area (Å²) in [6.07, 6.45) is -0.336. The first-order valence-electron chi connectivity index (χ1n) is 7.94. The number of halogens is 1. The summed E-state index contributed by atoms with van der Waals surface area (Å²) in [5, 5.41) is 3.04. The zero-order valence-corrected chi connectivity index (χ0v) is 14.9. The molecule has 2 rings (SSSR count). The second kappa shape index (κ2) is 9.08. The first-order valence-corrected chi connectivity index (χ1v) is 8.31. The minimum atomic E-state index is -0.766. The molecular formula is C19H20ClNO4. The Morgan fingerprint density at radius 2 is 1.88 bits per heavy atom. The van der Waals surface area contributed by atoms with Crippen molar-refractivity contribution in [1.82, 2.24) is 0 Å². The summed E-state index contributed by atoms with van der Waals surface area (Å²) in [4.78, 5) is 24.0. The van der Waals surface area contributed by atoms with E-state index in [0.717, 1.165) is 5.56 Å². The van der Waals surface area contributed by atoms with Crippen molar-refractivity contribution in [2.45, 2.75) is 26.4 Å². The van der Waals surface area contributed by atoms with Crippen molar-refractivity contribution in [2.75, 3.05) is 11.9 Å². The maximum absolute atomic E-state index is 12.1. The van der Waals surface area contributed by atoms with Crippen LogP contribution in [-0.4, -0.2) is 24.6 Å². The molecule has 0 heterocycles. The highest BCUT2D eigenvalue weighted by Gasteiger charge is 2.21. The number of nitrogens with one attached hydrogen (secondary N) is 1. The summed E-state index contributed by atoms with van der Waals surface area (Å²) in [5.74, 6) is -0.479. The van der Waals surface area contributed by atoms with Gasteiger partial charge in [-0.2, -0.15) is 0 Å². The number of amides is 1. The molecule has 0 aromatic heterocycles. The number of para-hydroxylation sites is 1. The lowest BCUT2D eigenvalue weighted by Crippen LogP contribution is -2.31. The number of benzene rings is 2. The normalized spacial score (nSPS) is 11.5. The molecule has 0 spiro atoms. The van der Waals surface area contributed by atoms with Gasteiger partial charge < -0.3 is 14.8 Å². The number of esters is 1. The highest BCUT2D eigenvalue weighted by atomic mass is 35.5. The monoisotopic (exact) mass is 361 g/mol. The van der Waals surface area contributed by atoms with Gasteiger partial charge in [0.2, 0.25) is 0 Å². The molecule has 0 bridgehead atoms. The van der Waals surface area contributed by atoms with E-state index in [-0.39, 0.29) is 0 Å². The van der Waals surface area contributed by atoms with Crippen LogP contribution >= 0.6 is 11.6 Å². The molecule has 25 heavy (non-hydrogen) atoms. The van der Waals surface area contributed by atoms with Gasteiger partial charge in [0.25, 0.3) is 5.91 Å². The number of rotatable bonds is 7. The predicted molar refractivity (Wildman–Crippen MR) is 96.9 cm³/mol. The van der Waals surface area contributed by atoms with E-state index in [9.17, 15) is 9.59 Å². The molecule has 0 saturated carbocycles. The molecular weight excluding hydrogens is 342 g/mol. The first-order chi connectivity index (χ1) is 12.0. The van der Waals surface area contributed by atoms with E-state index >= 15 is 0 Å². The lowest BCUT2D eigenvalue weighted by Gasteiger charge is -2.16. The van der Waals surface area contributed by atoms with Crippen LogP contribution in [0.5, 0.6) is 5.75 Å². The van der Waals surface area contributed by atoms with Crippen molar-refractivity contribution in [2.24, 2.45) is 0 Å². The Bertz CT molecular complexity index is 733. The molecule has 0 aliphatic heterocycles. The fraction of sp³-hybridized carbons (Fsp3) is 0.263. The van der Waals surface area contributed by atoms with Crippen molar-refractivity contribution in [3.05, 3.63) is 59.1 Å². The van der Waals surface area contributed by atoms with Gasteiger partial charge in [-0.3, -0.25) is 4.79 Å². The molecule has 6 heteroatoms. The van der Waals surface area contributed by atoms with E-state index in [2.05, 4.69) is 5.32 Å². The fourth-order valence-corrected chi connectivity index (χ4v) is 2.38. The molecule has 1 N–H and O–H groups in total. The van der Waals surface area contributed by atoms with Crippen LogP contribution in [0.2, 0.25) is 5.02 Å². The van der Waals surface area contributed by atoms with E-state index in [1.54, 1.807) is 31.2 Å². The second-order valence-electron chi connectivity index (χ2n) is 5.47. The van der Waals surface area contributed by atoms with Crippen LogP contribution in [0, 0.1) is 6.92 Å². The van der Waals surface area contributed by atoms with Gasteiger partial charge in [0.1, 0.15) is 5.75 Å². The van der Waals surface area contributed by atoms with Crippen LogP contribution < -0.4 is 10.1 Å². The number of carbonyl (C=O) groups excluding carboxylic acids is 2. The molecule has 5 nitrogen and oxygen atoms in total. The standard InChI is InChI=1S/C19H20ClNO4/c1-3-17(25-14-7-5-4-6-8-14)19(23)24-12-18(22)21-16-10-9-13(2)11-15(16)20/h4-11,17H,3,12H2,1-2H3,(H,21,22)/t17-/m1/s1. The van der Waals surface area contributed by atoms with Gasteiger partial charge in [0.05, 0.1) is 10.7 Å². The number of carbonyl (C=O) groups is 2. The third-order valence-corrected chi connectivity index (χ3v) is 3.71. The topological polar surface area (TPSA) is 64.6 Å². The zero-order chi connectivity index (χ0) is 18.2. The van der Waals surface area contributed by atoms with Crippen LogP contribution in [0.25, 0.3) is 0 Å². The average Bonchev–Trinajstić information content (AvgIpc) is 2.61. The van der Waals surface area contributed by atoms with Crippen molar-refractivity contribution in [3.8, 4) is 5.75 Å². The molecule has 1 atom stereocenters. The molecule has 1 amide bonds. The molecule has 0 radical (unpaired) electrons. The molecule has 0 fully saturated rings. The minimum absolute atomic E-state index is 0.405. The van der Waals surface area contributed by atoms with Crippen LogP contribution in [0.1, 0.15) is 18.9 Å². The second-order valence-corrected chi connectivity index (χ2v) is 5.87. The van der Waals surface area contributed by atoms with Crippen molar-refractivity contribution in [3.63, 3.8) is 0 Å². The predicted octanol–water partition coefficient (Wildman–Crippen LogP) is 3.99. The maximum Gasteiger partial charge on any atom is 0.347 e. The van der Waals surface area contributed by atoms with Crippen molar-refractivity contribution in [1.29, 1.82) is 0 Å². The third kappa shape index (κ3) is 5.80. The van der Waals surface area contributed by atoms with Gasteiger partial charge >= 0.3 is 5.97 Å². The SMILES string of the molecule is CC[C@@H](Oc1ccccc1)C(=O)OCC(=O)Nc1ccc(C)cc1Cl. The van der Waals surface area contributed by atoms with Crippen LogP contribution in [0.3, 0.4) is 0 Å². The number of ether oxygens (including phenoxy) is 2. The Morgan fingerprint density at radius 1 is 1.16 bits per heavy atom. The van der Waals surface area contributed by atoms with E-state index in [1.807, 2.05) is 31.2 Å². The Balaban J connectivity index is 1.86. The number of hydrogen-bond donors (Lipinski definition) is 1. The van der Waals surface area contributed by atoms with E-state index in [4.69, 9.17) is 21.1 Å². The summed E-state index contributed by atoms with van der Waals surface area (Å²) in [6.45, 7) is 3.30. The van der Waals surface area contributed by atoms with E-state index < -0.39 is 24.6 Å². The Morgan fingerprint density at radius 3 is 2.52 bits per heavy atom. The Labute approximate surface area is 151 Å². The smallest absolute Gasteiger partial charge is 0.347 e. The Hall–Kier alpha value is -2.53. The molecule has 2 aromatic carbocycles. The maximum atomic E-state index is 12.1. The molecule has 132 valence electrons.